The molecule has 0 saturated heterocycles. The smallest absolute Gasteiger partial charge is 0.267 e. The van der Waals surface area contributed by atoms with Crippen LogP contribution in [0.25, 0.3) is 15.9 Å². The molecule has 148 valence electrons. The Bertz CT molecular complexity index is 1090. The Morgan fingerprint density at radius 3 is 2.71 bits per heavy atom. The quantitative estimate of drug-likeness (QED) is 0.390. The summed E-state index contributed by atoms with van der Waals surface area (Å²) < 4.78 is 1.84. The molecule has 0 spiro atoms. The molecule has 0 fully saturated rings. The zero-order valence-electron chi connectivity index (χ0n) is 17.3. The number of hydrogen-bond donors (Lipinski definition) is 0. The molecular formula is C23H28N2OS2. The van der Waals surface area contributed by atoms with Crippen LogP contribution in [0.5, 0.6) is 0 Å². The second kappa shape index (κ2) is 7.34. The Morgan fingerprint density at radius 1 is 1.29 bits per heavy atom. The highest BCUT2D eigenvalue weighted by atomic mass is 32.2. The second-order valence-electron chi connectivity index (χ2n) is 8.74. The molecule has 2 aromatic heterocycles. The van der Waals surface area contributed by atoms with Gasteiger partial charge in [-0.1, -0.05) is 57.7 Å². The molecule has 28 heavy (non-hydrogen) atoms. The molecule has 4 rings (SSSR count). The molecule has 0 N–H and O–H groups in total. The number of rotatable bonds is 3. The van der Waals surface area contributed by atoms with Gasteiger partial charge in [0.05, 0.1) is 11.1 Å². The van der Waals surface area contributed by atoms with Crippen molar-refractivity contribution in [3.63, 3.8) is 0 Å². The third-order valence-electron chi connectivity index (χ3n) is 5.91. The van der Waals surface area contributed by atoms with Gasteiger partial charge in [-0.2, -0.15) is 0 Å². The molecule has 0 amide bonds. The predicted octanol–water partition coefficient (Wildman–Crippen LogP) is 6.02. The molecule has 1 aliphatic carbocycles. The van der Waals surface area contributed by atoms with Crippen LogP contribution in [-0.2, 0) is 12.8 Å². The van der Waals surface area contributed by atoms with Gasteiger partial charge >= 0.3 is 0 Å². The lowest BCUT2D eigenvalue weighted by Gasteiger charge is -2.33. The SMILES string of the molecule is CCSc1nc2sc3c(c2c(=O)n1-c1ccccc1C)CC[C@@H](C(C)(C)C)C3. The van der Waals surface area contributed by atoms with Crippen LogP contribution >= 0.6 is 23.1 Å². The van der Waals surface area contributed by atoms with Crippen LogP contribution in [0.2, 0.25) is 0 Å². The standard InChI is InChI=1S/C23H28N2OS2/c1-6-27-22-24-20-19(21(26)25(22)17-10-8-7-9-14(17)2)16-12-11-15(23(3,4)5)13-18(16)28-20/h7-10,15H,6,11-13H2,1-5H3/t15-/m1/s1. The van der Waals surface area contributed by atoms with Gasteiger partial charge in [-0.25, -0.2) is 4.98 Å². The van der Waals surface area contributed by atoms with E-state index in [4.69, 9.17) is 4.98 Å². The molecular weight excluding hydrogens is 384 g/mol. The Hall–Kier alpha value is -1.59. The topological polar surface area (TPSA) is 34.9 Å². The maximum atomic E-state index is 13.7. The monoisotopic (exact) mass is 412 g/mol. The molecule has 0 radical (unpaired) electrons. The van der Waals surface area contributed by atoms with Crippen molar-refractivity contribution in [2.45, 2.75) is 59.0 Å². The highest BCUT2D eigenvalue weighted by Gasteiger charge is 2.32. The van der Waals surface area contributed by atoms with Gasteiger partial charge in [-0.3, -0.25) is 9.36 Å². The van der Waals surface area contributed by atoms with E-state index in [0.717, 1.165) is 51.6 Å². The van der Waals surface area contributed by atoms with Crippen LogP contribution < -0.4 is 5.56 Å². The van der Waals surface area contributed by atoms with Crippen LogP contribution in [0.3, 0.4) is 0 Å². The molecule has 0 bridgehead atoms. The van der Waals surface area contributed by atoms with Gasteiger partial charge in [0, 0.05) is 4.88 Å². The lowest BCUT2D eigenvalue weighted by Crippen LogP contribution is -2.27. The van der Waals surface area contributed by atoms with E-state index in [1.807, 2.05) is 22.8 Å². The number of hydrogen-bond acceptors (Lipinski definition) is 4. The lowest BCUT2D eigenvalue weighted by atomic mass is 9.72. The maximum absolute atomic E-state index is 13.7. The normalized spacial score (nSPS) is 17.1. The Labute approximate surface area is 175 Å². The molecule has 1 aromatic carbocycles. The fourth-order valence-electron chi connectivity index (χ4n) is 4.20. The van der Waals surface area contributed by atoms with Gasteiger partial charge in [0.2, 0.25) is 0 Å². The lowest BCUT2D eigenvalue weighted by molar-refractivity contribution is 0.218. The van der Waals surface area contributed by atoms with Gasteiger partial charge in [0.25, 0.3) is 5.56 Å². The van der Waals surface area contributed by atoms with E-state index < -0.39 is 0 Å². The summed E-state index contributed by atoms with van der Waals surface area (Å²) >= 11 is 3.39. The first-order valence-corrected chi connectivity index (χ1v) is 11.9. The van der Waals surface area contributed by atoms with Crippen LogP contribution in [0.15, 0.2) is 34.2 Å². The zero-order valence-corrected chi connectivity index (χ0v) is 19.0. The summed E-state index contributed by atoms with van der Waals surface area (Å²) in [5, 5.41) is 1.66. The number of para-hydroxylation sites is 1. The molecule has 1 aliphatic rings. The van der Waals surface area contributed by atoms with Crippen LogP contribution in [0.1, 0.15) is 50.1 Å². The number of aryl methyl sites for hydroxylation is 2. The molecule has 0 unspecified atom stereocenters. The van der Waals surface area contributed by atoms with Crippen molar-refractivity contribution in [3.05, 3.63) is 50.6 Å². The fraction of sp³-hybridized carbons (Fsp3) is 0.478. The number of aromatic nitrogens is 2. The highest BCUT2D eigenvalue weighted by molar-refractivity contribution is 7.99. The third kappa shape index (κ3) is 3.33. The number of fused-ring (bicyclic) bond motifs is 3. The molecule has 1 atom stereocenters. The van der Waals surface area contributed by atoms with E-state index in [0.29, 0.717) is 11.3 Å². The van der Waals surface area contributed by atoms with Crippen LogP contribution in [0, 0.1) is 18.3 Å². The Balaban J connectivity index is 1.95. The van der Waals surface area contributed by atoms with Crippen molar-refractivity contribution in [2.75, 3.05) is 5.75 Å². The van der Waals surface area contributed by atoms with Crippen molar-refractivity contribution < 1.29 is 0 Å². The van der Waals surface area contributed by atoms with Gasteiger partial charge < -0.3 is 0 Å². The molecule has 3 aromatic rings. The summed E-state index contributed by atoms with van der Waals surface area (Å²) in [7, 11) is 0. The number of thioether (sulfide) groups is 1. The van der Waals surface area contributed by atoms with Crippen molar-refractivity contribution in [1.29, 1.82) is 0 Å². The number of thiophene rings is 1. The number of benzene rings is 1. The Kier molecular flexibility index (Phi) is 5.17. The highest BCUT2D eigenvalue weighted by Crippen LogP contribution is 2.42. The van der Waals surface area contributed by atoms with Crippen LogP contribution in [0.4, 0.5) is 0 Å². The first-order chi connectivity index (χ1) is 13.3. The van der Waals surface area contributed by atoms with Crippen molar-refractivity contribution in [1.82, 2.24) is 9.55 Å². The van der Waals surface area contributed by atoms with E-state index in [1.165, 1.54) is 10.4 Å². The second-order valence-corrected chi connectivity index (χ2v) is 11.1. The van der Waals surface area contributed by atoms with E-state index in [9.17, 15) is 4.79 Å². The molecule has 3 nitrogen and oxygen atoms in total. The largest absolute Gasteiger partial charge is 0.268 e. The average molecular weight is 413 g/mol. The van der Waals surface area contributed by atoms with E-state index in [1.54, 1.807) is 23.1 Å². The Morgan fingerprint density at radius 2 is 2.04 bits per heavy atom. The third-order valence-corrected chi connectivity index (χ3v) is 7.88. The van der Waals surface area contributed by atoms with E-state index in [2.05, 4.69) is 40.7 Å². The first kappa shape index (κ1) is 19.7. The van der Waals surface area contributed by atoms with Gasteiger partial charge in [-0.15, -0.1) is 11.3 Å². The maximum Gasteiger partial charge on any atom is 0.267 e. The van der Waals surface area contributed by atoms with Crippen molar-refractivity contribution in [2.24, 2.45) is 11.3 Å². The van der Waals surface area contributed by atoms with Gasteiger partial charge in [-0.05, 0) is 60.5 Å². The summed E-state index contributed by atoms with van der Waals surface area (Å²) in [6.07, 6.45) is 3.21. The molecule has 2 heterocycles. The summed E-state index contributed by atoms with van der Waals surface area (Å²) in [5.41, 5.74) is 3.70. The van der Waals surface area contributed by atoms with Gasteiger partial charge in [0.15, 0.2) is 5.16 Å². The summed E-state index contributed by atoms with van der Waals surface area (Å²) in [4.78, 5) is 21.0. The minimum atomic E-state index is 0.0990. The minimum Gasteiger partial charge on any atom is -0.268 e. The first-order valence-electron chi connectivity index (χ1n) is 10.1. The predicted molar refractivity (Wildman–Crippen MR) is 121 cm³/mol. The average Bonchev–Trinajstić information content (AvgIpc) is 3.00. The van der Waals surface area contributed by atoms with E-state index >= 15 is 0 Å². The molecule has 0 saturated carbocycles. The summed E-state index contributed by atoms with van der Waals surface area (Å²) in [6.45, 7) is 11.2. The number of nitrogens with zero attached hydrogens (tertiary/aromatic N) is 2. The fourth-order valence-corrected chi connectivity index (χ4v) is 6.27. The molecule has 0 aliphatic heterocycles. The summed E-state index contributed by atoms with van der Waals surface area (Å²) in [5.74, 6) is 1.55. The van der Waals surface area contributed by atoms with E-state index in [-0.39, 0.29) is 5.56 Å². The van der Waals surface area contributed by atoms with Gasteiger partial charge in [0.1, 0.15) is 4.83 Å². The van der Waals surface area contributed by atoms with Crippen molar-refractivity contribution in [3.8, 4) is 5.69 Å². The zero-order chi connectivity index (χ0) is 20.1. The van der Waals surface area contributed by atoms with Crippen molar-refractivity contribution >= 4 is 33.3 Å². The minimum absolute atomic E-state index is 0.0990. The van der Waals surface area contributed by atoms with Crippen LogP contribution in [-0.4, -0.2) is 15.3 Å². The molecule has 5 heteroatoms. The summed E-state index contributed by atoms with van der Waals surface area (Å²) in [6, 6.07) is 8.10.